The van der Waals surface area contributed by atoms with Gasteiger partial charge in [-0.1, -0.05) is 52.0 Å². The molecule has 152 valence electrons. The lowest BCUT2D eigenvalue weighted by molar-refractivity contribution is -0.120. The van der Waals surface area contributed by atoms with E-state index in [1.165, 1.54) is 39.3 Å². The van der Waals surface area contributed by atoms with Crippen molar-refractivity contribution in [2.75, 3.05) is 10.6 Å². The number of carbonyl (C=O) groups excluding carboxylic acids is 2. The van der Waals surface area contributed by atoms with Crippen molar-refractivity contribution in [3.05, 3.63) is 69.8 Å². The van der Waals surface area contributed by atoms with Crippen LogP contribution >= 0.6 is 0 Å². The molecule has 2 amide bonds. The number of nitrogen functional groups attached to an aromatic ring is 1. The number of amides is 2. The predicted octanol–water partition coefficient (Wildman–Crippen LogP) is 4.54. The van der Waals surface area contributed by atoms with E-state index in [0.29, 0.717) is 0 Å². The smallest absolute Gasteiger partial charge is 0.258 e. The number of benzene rings is 2. The Morgan fingerprint density at radius 2 is 1.07 bits per heavy atom. The molecule has 0 fully saturated rings. The average Bonchev–Trinajstić information content (AvgIpc) is 3.06. The molecular formula is C25H30N2O2. The molecule has 0 bridgehead atoms. The van der Waals surface area contributed by atoms with E-state index in [-0.39, 0.29) is 11.8 Å². The molecule has 0 aromatic heterocycles. The predicted molar refractivity (Wildman–Crippen MR) is 119 cm³/mol. The number of imide groups is 1. The summed E-state index contributed by atoms with van der Waals surface area (Å²) in [4.78, 5) is 25.9. The first-order valence-corrected chi connectivity index (χ1v) is 10.5. The van der Waals surface area contributed by atoms with Gasteiger partial charge in [0.05, 0.1) is 5.69 Å². The lowest BCUT2D eigenvalue weighted by Gasteiger charge is -2.23. The summed E-state index contributed by atoms with van der Waals surface area (Å²) in [6.07, 6.45) is 6.85. The molecule has 0 atom stereocenters. The maximum Gasteiger partial charge on any atom is 0.258 e. The molecule has 3 rings (SSSR count). The Bertz CT molecular complexity index is 920. The number of nitrogens with two attached hydrogens (primary N) is 1. The van der Waals surface area contributed by atoms with Crippen molar-refractivity contribution in [1.82, 2.24) is 0 Å². The van der Waals surface area contributed by atoms with Crippen LogP contribution in [0.4, 0.5) is 11.4 Å². The first kappa shape index (κ1) is 20.8. The van der Waals surface area contributed by atoms with Crippen LogP contribution in [-0.4, -0.2) is 11.8 Å². The molecule has 2 aromatic rings. The first-order chi connectivity index (χ1) is 13.9. The fourth-order valence-corrected chi connectivity index (χ4v) is 4.15. The lowest BCUT2D eigenvalue weighted by Crippen LogP contribution is -2.31. The van der Waals surface area contributed by atoms with Crippen molar-refractivity contribution in [1.29, 1.82) is 0 Å². The Morgan fingerprint density at radius 1 is 0.690 bits per heavy atom. The molecule has 29 heavy (non-hydrogen) atoms. The maximum atomic E-state index is 12.3. The van der Waals surface area contributed by atoms with Gasteiger partial charge in [-0.25, -0.2) is 4.90 Å². The van der Waals surface area contributed by atoms with Gasteiger partial charge in [0, 0.05) is 17.8 Å². The van der Waals surface area contributed by atoms with E-state index in [1.54, 1.807) is 0 Å². The average molecular weight is 391 g/mol. The Balaban J connectivity index is 2.04. The largest absolute Gasteiger partial charge is 0.398 e. The highest BCUT2D eigenvalue weighted by atomic mass is 16.2. The Kier molecular flexibility index (Phi) is 6.21. The summed E-state index contributed by atoms with van der Waals surface area (Å²) in [7, 11) is 0. The normalized spacial score (nSPS) is 13.6. The molecule has 4 nitrogen and oxygen atoms in total. The highest BCUT2D eigenvalue weighted by Gasteiger charge is 2.29. The SMILES string of the molecule is CCc1cc(Cc2cc(CC)c(N3C(=O)C=CC3=O)c(CC)c2)cc(CC)c1N. The second kappa shape index (κ2) is 8.64. The van der Waals surface area contributed by atoms with Gasteiger partial charge in [0.2, 0.25) is 0 Å². The van der Waals surface area contributed by atoms with Gasteiger partial charge >= 0.3 is 0 Å². The zero-order valence-corrected chi connectivity index (χ0v) is 17.8. The number of carbonyl (C=O) groups is 2. The molecular weight excluding hydrogens is 360 g/mol. The van der Waals surface area contributed by atoms with Gasteiger partial charge in [-0.05, 0) is 65.5 Å². The Morgan fingerprint density at radius 3 is 1.45 bits per heavy atom. The topological polar surface area (TPSA) is 63.4 Å². The van der Waals surface area contributed by atoms with Crippen LogP contribution in [0.2, 0.25) is 0 Å². The van der Waals surface area contributed by atoms with E-state index in [4.69, 9.17) is 5.73 Å². The summed E-state index contributed by atoms with van der Waals surface area (Å²) >= 11 is 0. The third kappa shape index (κ3) is 3.98. The minimum absolute atomic E-state index is 0.258. The number of aryl methyl sites for hydroxylation is 4. The van der Waals surface area contributed by atoms with E-state index < -0.39 is 0 Å². The molecule has 0 saturated heterocycles. The molecule has 4 heteroatoms. The van der Waals surface area contributed by atoms with Crippen LogP contribution in [0.1, 0.15) is 61.1 Å². The molecule has 1 heterocycles. The van der Waals surface area contributed by atoms with E-state index in [1.807, 2.05) is 0 Å². The fourth-order valence-electron chi connectivity index (χ4n) is 4.15. The third-order valence-electron chi connectivity index (χ3n) is 5.70. The minimum atomic E-state index is -0.258. The summed E-state index contributed by atoms with van der Waals surface area (Å²) in [5, 5.41) is 0. The maximum absolute atomic E-state index is 12.3. The molecule has 1 aliphatic rings. The van der Waals surface area contributed by atoms with Crippen LogP contribution in [0.15, 0.2) is 36.4 Å². The van der Waals surface area contributed by atoms with Gasteiger partial charge in [0.15, 0.2) is 0 Å². The molecule has 0 saturated carbocycles. The van der Waals surface area contributed by atoms with Crippen molar-refractivity contribution < 1.29 is 9.59 Å². The van der Waals surface area contributed by atoms with E-state index in [9.17, 15) is 9.59 Å². The van der Waals surface area contributed by atoms with Crippen molar-refractivity contribution in [3.8, 4) is 0 Å². The Labute approximate surface area is 173 Å². The van der Waals surface area contributed by atoms with Gasteiger partial charge in [-0.2, -0.15) is 0 Å². The molecule has 0 spiro atoms. The monoisotopic (exact) mass is 390 g/mol. The standard InChI is InChI=1S/C25H30N2O2/c1-5-18-12-16(13-19(6-2)24(18)26)11-17-14-20(7-3)25(21(8-4)15-17)27-22(28)9-10-23(27)29/h9-10,12-15H,5-8,11,26H2,1-4H3. The van der Waals surface area contributed by atoms with Crippen LogP contribution in [0, 0.1) is 0 Å². The number of hydrogen-bond donors (Lipinski definition) is 1. The van der Waals surface area contributed by atoms with Crippen LogP contribution in [0.3, 0.4) is 0 Å². The van der Waals surface area contributed by atoms with Crippen LogP contribution in [-0.2, 0) is 41.7 Å². The van der Waals surface area contributed by atoms with Crippen molar-refractivity contribution >= 4 is 23.2 Å². The zero-order chi connectivity index (χ0) is 21.1. The summed E-state index contributed by atoms with van der Waals surface area (Å²) in [5.41, 5.74) is 14.9. The highest BCUT2D eigenvalue weighted by Crippen LogP contribution is 2.32. The fraction of sp³-hybridized carbons (Fsp3) is 0.360. The quantitative estimate of drug-likeness (QED) is 0.558. The molecule has 2 aromatic carbocycles. The summed E-state index contributed by atoms with van der Waals surface area (Å²) in [6.45, 7) is 8.39. The number of nitrogens with zero attached hydrogens (tertiary/aromatic N) is 1. The van der Waals surface area contributed by atoms with Crippen molar-refractivity contribution in [3.63, 3.8) is 0 Å². The van der Waals surface area contributed by atoms with E-state index in [0.717, 1.165) is 54.6 Å². The zero-order valence-electron chi connectivity index (χ0n) is 17.8. The summed E-state index contributed by atoms with van der Waals surface area (Å²) < 4.78 is 0. The number of rotatable bonds is 7. The van der Waals surface area contributed by atoms with Gasteiger partial charge in [-0.3, -0.25) is 9.59 Å². The van der Waals surface area contributed by atoms with Crippen LogP contribution in [0.5, 0.6) is 0 Å². The Hall–Kier alpha value is -2.88. The molecule has 0 aliphatic carbocycles. The second-order valence-electron chi connectivity index (χ2n) is 7.53. The molecule has 1 aliphatic heterocycles. The van der Waals surface area contributed by atoms with Crippen molar-refractivity contribution in [2.24, 2.45) is 0 Å². The lowest BCUT2D eigenvalue weighted by atomic mass is 9.92. The van der Waals surface area contributed by atoms with Gasteiger partial charge in [0.25, 0.3) is 11.8 Å². The van der Waals surface area contributed by atoms with E-state index in [2.05, 4.69) is 52.0 Å². The van der Waals surface area contributed by atoms with Crippen LogP contribution < -0.4 is 10.6 Å². The van der Waals surface area contributed by atoms with Gasteiger partial charge in [-0.15, -0.1) is 0 Å². The number of anilines is 2. The molecule has 2 N–H and O–H groups in total. The third-order valence-corrected chi connectivity index (χ3v) is 5.70. The molecule has 0 unspecified atom stereocenters. The van der Waals surface area contributed by atoms with Crippen molar-refractivity contribution in [2.45, 2.75) is 59.8 Å². The van der Waals surface area contributed by atoms with Gasteiger partial charge in [0.1, 0.15) is 0 Å². The molecule has 0 radical (unpaired) electrons. The van der Waals surface area contributed by atoms with Crippen LogP contribution in [0.25, 0.3) is 0 Å². The second-order valence-corrected chi connectivity index (χ2v) is 7.53. The summed E-state index contributed by atoms with van der Waals surface area (Å²) in [6, 6.07) is 8.69. The first-order valence-electron chi connectivity index (χ1n) is 10.5. The van der Waals surface area contributed by atoms with Gasteiger partial charge < -0.3 is 5.73 Å². The van der Waals surface area contributed by atoms with E-state index >= 15 is 0 Å². The highest BCUT2D eigenvalue weighted by molar-refractivity contribution is 6.28. The summed E-state index contributed by atoms with van der Waals surface area (Å²) in [5.74, 6) is -0.517. The number of hydrogen-bond acceptors (Lipinski definition) is 3. The minimum Gasteiger partial charge on any atom is -0.398 e.